The van der Waals surface area contributed by atoms with Gasteiger partial charge in [0.2, 0.25) is 0 Å². The van der Waals surface area contributed by atoms with Gasteiger partial charge in [-0.1, -0.05) is 30.2 Å². The molecule has 1 unspecified atom stereocenters. The third-order valence-corrected chi connectivity index (χ3v) is 3.16. The first kappa shape index (κ1) is 8.10. The van der Waals surface area contributed by atoms with Crippen LogP contribution in [0.25, 0.3) is 0 Å². The van der Waals surface area contributed by atoms with Crippen molar-refractivity contribution >= 4 is 0 Å². The van der Waals surface area contributed by atoms with Crippen LogP contribution in [-0.2, 0) is 0 Å². The minimum atomic E-state index is 0.952. The Kier molecular flexibility index (Phi) is 2.65. The van der Waals surface area contributed by atoms with Crippen LogP contribution < -0.4 is 0 Å². The second kappa shape index (κ2) is 3.93. The van der Waals surface area contributed by atoms with Gasteiger partial charge in [-0.05, 0) is 44.4 Å². The van der Waals surface area contributed by atoms with Crippen molar-refractivity contribution < 1.29 is 0 Å². The molecule has 0 saturated heterocycles. The molecule has 1 atom stereocenters. The monoisotopic (exact) mass is 162 g/mol. The molecule has 12 heavy (non-hydrogen) atoms. The van der Waals surface area contributed by atoms with Crippen LogP contribution in [0.1, 0.15) is 44.9 Å². The molecule has 1 saturated carbocycles. The highest BCUT2D eigenvalue weighted by Crippen LogP contribution is 2.35. The summed E-state index contributed by atoms with van der Waals surface area (Å²) < 4.78 is 0. The van der Waals surface area contributed by atoms with Crippen LogP contribution in [0.2, 0.25) is 0 Å². The van der Waals surface area contributed by atoms with Gasteiger partial charge in [-0.15, -0.1) is 0 Å². The average molecular weight is 162 g/mol. The summed E-state index contributed by atoms with van der Waals surface area (Å²) in [5.41, 5.74) is 1.73. The lowest BCUT2D eigenvalue weighted by Gasteiger charge is -2.09. The Morgan fingerprint density at radius 3 is 3.00 bits per heavy atom. The Bertz CT molecular complexity index is 198. The van der Waals surface area contributed by atoms with Crippen LogP contribution >= 0.6 is 0 Å². The maximum Gasteiger partial charge on any atom is -0.0200 e. The standard InChI is InChI=1S/C12H18/c1-2-4-7-11-9-6-10-12(11)8-5-3-1/h2,4,7,12H,1,3,5-6,8-10H2/b4-2-,11-7-. The molecule has 0 nitrogen and oxygen atoms in total. The molecule has 0 spiro atoms. The van der Waals surface area contributed by atoms with Crippen molar-refractivity contribution in [1.29, 1.82) is 0 Å². The van der Waals surface area contributed by atoms with Crippen LogP contribution in [-0.4, -0.2) is 0 Å². The van der Waals surface area contributed by atoms with Crippen LogP contribution in [0, 0.1) is 5.92 Å². The smallest absolute Gasteiger partial charge is 0.0200 e. The number of allylic oxidation sites excluding steroid dienone is 4. The van der Waals surface area contributed by atoms with Crippen molar-refractivity contribution in [3.05, 3.63) is 23.8 Å². The zero-order valence-electron chi connectivity index (χ0n) is 7.76. The summed E-state index contributed by atoms with van der Waals surface area (Å²) in [7, 11) is 0. The number of hydrogen-bond acceptors (Lipinski definition) is 0. The third kappa shape index (κ3) is 1.80. The third-order valence-electron chi connectivity index (χ3n) is 3.16. The zero-order valence-corrected chi connectivity index (χ0v) is 7.76. The lowest BCUT2D eigenvalue weighted by Crippen LogP contribution is -1.95. The van der Waals surface area contributed by atoms with E-state index in [1.165, 1.54) is 44.9 Å². The number of fused-ring (bicyclic) bond motifs is 1. The van der Waals surface area contributed by atoms with Crippen LogP contribution in [0.15, 0.2) is 23.8 Å². The van der Waals surface area contributed by atoms with E-state index in [-0.39, 0.29) is 0 Å². The molecule has 0 aromatic rings. The molecule has 0 bridgehead atoms. The van der Waals surface area contributed by atoms with Crippen LogP contribution in [0.4, 0.5) is 0 Å². The summed E-state index contributed by atoms with van der Waals surface area (Å²) in [6.45, 7) is 0. The van der Waals surface area contributed by atoms with E-state index in [1.54, 1.807) is 5.57 Å². The van der Waals surface area contributed by atoms with Gasteiger partial charge in [0.15, 0.2) is 0 Å². The van der Waals surface area contributed by atoms with Crippen molar-refractivity contribution in [3.63, 3.8) is 0 Å². The Labute approximate surface area is 75.4 Å². The maximum absolute atomic E-state index is 2.38. The van der Waals surface area contributed by atoms with Gasteiger partial charge in [0.05, 0.1) is 0 Å². The molecule has 0 N–H and O–H groups in total. The highest BCUT2D eigenvalue weighted by atomic mass is 14.2. The van der Waals surface area contributed by atoms with Crippen LogP contribution in [0.3, 0.4) is 0 Å². The van der Waals surface area contributed by atoms with Gasteiger partial charge in [0.1, 0.15) is 0 Å². The van der Waals surface area contributed by atoms with Gasteiger partial charge in [0.25, 0.3) is 0 Å². The van der Waals surface area contributed by atoms with Crippen molar-refractivity contribution in [1.82, 2.24) is 0 Å². The summed E-state index contributed by atoms with van der Waals surface area (Å²) in [6.07, 6.45) is 16.8. The van der Waals surface area contributed by atoms with Gasteiger partial charge >= 0.3 is 0 Å². The Morgan fingerprint density at radius 1 is 1.08 bits per heavy atom. The summed E-state index contributed by atoms with van der Waals surface area (Å²) in [4.78, 5) is 0. The normalized spacial score (nSPS) is 37.0. The van der Waals surface area contributed by atoms with Gasteiger partial charge < -0.3 is 0 Å². The minimum Gasteiger partial charge on any atom is -0.0845 e. The van der Waals surface area contributed by atoms with E-state index in [0.29, 0.717) is 0 Å². The fourth-order valence-electron chi connectivity index (χ4n) is 2.43. The van der Waals surface area contributed by atoms with Crippen molar-refractivity contribution in [2.75, 3.05) is 0 Å². The second-order valence-corrected chi connectivity index (χ2v) is 4.04. The molecule has 2 aliphatic carbocycles. The quantitative estimate of drug-likeness (QED) is 0.507. The number of rotatable bonds is 0. The van der Waals surface area contributed by atoms with E-state index in [0.717, 1.165) is 5.92 Å². The second-order valence-electron chi connectivity index (χ2n) is 4.04. The molecular formula is C12H18. The molecule has 0 heteroatoms. The fourth-order valence-corrected chi connectivity index (χ4v) is 2.43. The largest absolute Gasteiger partial charge is 0.0845 e. The molecule has 1 fully saturated rings. The lowest BCUT2D eigenvalue weighted by molar-refractivity contribution is 0.533. The van der Waals surface area contributed by atoms with Crippen molar-refractivity contribution in [3.8, 4) is 0 Å². The molecular weight excluding hydrogens is 144 g/mol. The molecule has 0 radical (unpaired) electrons. The summed E-state index contributed by atoms with van der Waals surface area (Å²) in [5.74, 6) is 0.952. The molecule has 0 heterocycles. The predicted molar refractivity (Wildman–Crippen MR) is 53.0 cm³/mol. The molecule has 2 aliphatic rings. The lowest BCUT2D eigenvalue weighted by atomic mass is 9.96. The highest BCUT2D eigenvalue weighted by molar-refractivity contribution is 5.18. The fraction of sp³-hybridized carbons (Fsp3) is 0.667. The zero-order chi connectivity index (χ0) is 8.23. The molecule has 2 rings (SSSR count). The van der Waals surface area contributed by atoms with E-state index >= 15 is 0 Å². The van der Waals surface area contributed by atoms with Gasteiger partial charge in [-0.25, -0.2) is 0 Å². The first-order valence-corrected chi connectivity index (χ1v) is 5.32. The summed E-state index contributed by atoms with van der Waals surface area (Å²) in [5, 5.41) is 0. The predicted octanol–water partition coefficient (Wildman–Crippen LogP) is 3.84. The average Bonchev–Trinajstić information content (AvgIpc) is 2.50. The molecule has 0 aromatic heterocycles. The van der Waals surface area contributed by atoms with E-state index in [9.17, 15) is 0 Å². The first-order chi connectivity index (χ1) is 5.97. The van der Waals surface area contributed by atoms with Gasteiger partial charge in [-0.3, -0.25) is 0 Å². The van der Waals surface area contributed by atoms with Gasteiger partial charge in [0, 0.05) is 0 Å². The molecule has 0 aromatic carbocycles. The van der Waals surface area contributed by atoms with E-state index in [2.05, 4.69) is 18.2 Å². The Balaban J connectivity index is 2.08. The van der Waals surface area contributed by atoms with Gasteiger partial charge in [-0.2, -0.15) is 0 Å². The van der Waals surface area contributed by atoms with E-state index < -0.39 is 0 Å². The molecule has 0 amide bonds. The van der Waals surface area contributed by atoms with Crippen LogP contribution in [0.5, 0.6) is 0 Å². The highest BCUT2D eigenvalue weighted by Gasteiger charge is 2.19. The maximum atomic E-state index is 2.38. The molecule has 66 valence electrons. The van der Waals surface area contributed by atoms with Crippen molar-refractivity contribution in [2.45, 2.75) is 44.9 Å². The van der Waals surface area contributed by atoms with E-state index in [1.807, 2.05) is 0 Å². The minimum absolute atomic E-state index is 0.952. The number of hydrogen-bond donors (Lipinski definition) is 0. The SMILES string of the molecule is C1=C\CCCCC2CCC/C2=C/1. The molecule has 0 aliphatic heterocycles. The Hall–Kier alpha value is -0.520. The topological polar surface area (TPSA) is 0 Å². The Morgan fingerprint density at radius 2 is 2.00 bits per heavy atom. The van der Waals surface area contributed by atoms with Crippen molar-refractivity contribution in [2.24, 2.45) is 5.92 Å². The first-order valence-electron chi connectivity index (χ1n) is 5.32. The summed E-state index contributed by atoms with van der Waals surface area (Å²) >= 11 is 0. The summed E-state index contributed by atoms with van der Waals surface area (Å²) in [6, 6.07) is 0. The van der Waals surface area contributed by atoms with E-state index in [4.69, 9.17) is 0 Å².